The fourth-order valence-corrected chi connectivity index (χ4v) is 3.51. The first-order chi connectivity index (χ1) is 9.27. The third-order valence-corrected chi connectivity index (χ3v) is 5.36. The molecule has 0 saturated heterocycles. The first-order valence-electron chi connectivity index (χ1n) is 7.71. The van der Waals surface area contributed by atoms with Crippen molar-refractivity contribution in [3.63, 3.8) is 0 Å². The summed E-state index contributed by atoms with van der Waals surface area (Å²) in [7, 11) is 0. The Morgan fingerprint density at radius 2 is 1.05 bits per heavy atom. The van der Waals surface area contributed by atoms with Gasteiger partial charge in [0.2, 0.25) is 0 Å². The molecule has 22 heavy (non-hydrogen) atoms. The average Bonchev–Trinajstić information content (AvgIpc) is 2.22. The molecule has 0 saturated carbocycles. The van der Waals surface area contributed by atoms with E-state index in [-0.39, 0.29) is 11.8 Å². The van der Waals surface area contributed by atoms with E-state index in [0.29, 0.717) is 20.3 Å². The predicted molar refractivity (Wildman–Crippen MR) is 81.0 cm³/mol. The highest BCUT2D eigenvalue weighted by atomic mass is 19.4. The van der Waals surface area contributed by atoms with Gasteiger partial charge in [-0.3, -0.25) is 0 Å². The third kappa shape index (κ3) is 3.43. The number of hydrogen-bond donors (Lipinski definition) is 0. The van der Waals surface area contributed by atoms with Crippen LogP contribution in [0.2, 0.25) is 0 Å². The second kappa shape index (κ2) is 5.62. The number of hydrogen-bond acceptors (Lipinski definition) is 0. The van der Waals surface area contributed by atoms with Gasteiger partial charge in [0.05, 0.1) is 0 Å². The molecule has 0 N–H and O–H groups in total. The largest absolute Gasteiger partial charge is 0.399 e. The normalized spacial score (nSPS) is 18.3. The summed E-state index contributed by atoms with van der Waals surface area (Å²) in [6, 6.07) is 0. The molecule has 0 fully saturated rings. The molecular weight excluding hydrogens is 299 g/mol. The maximum Gasteiger partial charge on any atom is 0.399 e. The molecule has 1 atom stereocenters. The number of alkyl halides is 5. The lowest BCUT2D eigenvalue weighted by Gasteiger charge is -2.55. The smallest absolute Gasteiger partial charge is 0.205 e. The molecule has 0 aromatic heterocycles. The summed E-state index contributed by atoms with van der Waals surface area (Å²) in [4.78, 5) is 0. The van der Waals surface area contributed by atoms with Crippen LogP contribution in [0.15, 0.2) is 0 Å². The molecular formula is C17H31F5. The quantitative estimate of drug-likeness (QED) is 0.472. The van der Waals surface area contributed by atoms with Crippen LogP contribution in [0.4, 0.5) is 22.0 Å². The summed E-state index contributed by atoms with van der Waals surface area (Å²) in [6.07, 6.45) is -4.58. The molecule has 0 aliphatic carbocycles. The molecule has 0 aliphatic rings. The van der Waals surface area contributed by atoms with E-state index in [9.17, 15) is 13.2 Å². The lowest BCUT2D eigenvalue weighted by molar-refractivity contribution is -0.331. The molecule has 0 aliphatic heterocycles. The topological polar surface area (TPSA) is 0 Å². The van der Waals surface area contributed by atoms with Crippen molar-refractivity contribution in [2.45, 2.75) is 87.3 Å². The molecule has 0 bridgehead atoms. The van der Waals surface area contributed by atoms with Gasteiger partial charge in [-0.1, -0.05) is 48.5 Å². The zero-order chi connectivity index (χ0) is 18.4. The minimum Gasteiger partial charge on any atom is -0.205 e. The van der Waals surface area contributed by atoms with E-state index in [1.54, 1.807) is 20.8 Å². The Labute approximate surface area is 131 Å². The summed E-state index contributed by atoms with van der Waals surface area (Å²) < 4.78 is 69.9. The Bertz CT molecular complexity index is 385. The number of halogens is 5. The van der Waals surface area contributed by atoms with Gasteiger partial charge in [-0.25, -0.2) is 8.78 Å². The van der Waals surface area contributed by atoms with Crippen LogP contribution in [0.25, 0.3) is 0 Å². The first kappa shape index (κ1) is 21.6. The van der Waals surface area contributed by atoms with Gasteiger partial charge in [0.25, 0.3) is 5.92 Å². The Hall–Kier alpha value is -0.350. The molecule has 0 aromatic carbocycles. The molecule has 0 spiro atoms. The second-order valence-electron chi connectivity index (χ2n) is 9.00. The molecule has 0 nitrogen and oxygen atoms in total. The Kier molecular flexibility index (Phi) is 5.54. The van der Waals surface area contributed by atoms with Gasteiger partial charge in [-0.05, 0) is 37.5 Å². The molecule has 0 rings (SSSR count). The summed E-state index contributed by atoms with van der Waals surface area (Å²) >= 11 is 0. The van der Waals surface area contributed by atoms with Crippen molar-refractivity contribution < 1.29 is 22.0 Å². The van der Waals surface area contributed by atoms with E-state index in [2.05, 4.69) is 0 Å². The lowest BCUT2D eigenvalue weighted by Crippen LogP contribution is -2.61. The van der Waals surface area contributed by atoms with Crippen molar-refractivity contribution in [3.05, 3.63) is 0 Å². The molecule has 0 amide bonds. The van der Waals surface area contributed by atoms with E-state index in [4.69, 9.17) is 0 Å². The molecule has 0 radical (unpaired) electrons. The average molecular weight is 330 g/mol. The van der Waals surface area contributed by atoms with Gasteiger partial charge in [-0.2, -0.15) is 13.2 Å². The molecule has 5 heteroatoms. The highest BCUT2D eigenvalue weighted by Gasteiger charge is 2.72. The zero-order valence-electron chi connectivity index (χ0n) is 15.3. The monoisotopic (exact) mass is 330 g/mol. The van der Waals surface area contributed by atoms with Crippen molar-refractivity contribution in [2.24, 2.45) is 21.7 Å². The molecule has 0 aromatic rings. The molecule has 134 valence electrons. The Balaban J connectivity index is 6.12. The summed E-state index contributed by atoms with van der Waals surface area (Å²) in [5.41, 5.74) is -6.06. The Morgan fingerprint density at radius 3 is 1.27 bits per heavy atom. The van der Waals surface area contributed by atoms with Crippen LogP contribution < -0.4 is 0 Å². The van der Waals surface area contributed by atoms with E-state index >= 15 is 8.78 Å². The van der Waals surface area contributed by atoms with Crippen molar-refractivity contribution >= 4 is 0 Å². The SMILES string of the molecule is CCC(C)(C(C)(C)CC(C)(C)C)C(F)(F)C(C)(C)C(F)(F)F. The van der Waals surface area contributed by atoms with E-state index in [0.717, 1.165) is 0 Å². The predicted octanol–water partition coefficient (Wildman–Crippen LogP) is 7.09. The van der Waals surface area contributed by atoms with Crippen molar-refractivity contribution in [1.29, 1.82) is 0 Å². The standard InChI is InChI=1S/C17H31F5/c1-10-15(9,13(5,6)11-12(2,3)4)16(18,19)14(7,8)17(20,21)22/h10-11H2,1-9H3. The van der Waals surface area contributed by atoms with Crippen molar-refractivity contribution in [2.75, 3.05) is 0 Å². The highest BCUT2D eigenvalue weighted by molar-refractivity contribution is 5.07. The second-order valence-corrected chi connectivity index (χ2v) is 9.00. The van der Waals surface area contributed by atoms with Crippen molar-refractivity contribution in [1.82, 2.24) is 0 Å². The van der Waals surface area contributed by atoms with Crippen molar-refractivity contribution in [3.8, 4) is 0 Å². The Morgan fingerprint density at radius 1 is 0.682 bits per heavy atom. The molecule has 1 unspecified atom stereocenters. The fraction of sp³-hybridized carbons (Fsp3) is 1.00. The van der Waals surface area contributed by atoms with E-state index in [1.807, 2.05) is 20.8 Å². The van der Waals surface area contributed by atoms with Crippen LogP contribution in [0.1, 0.15) is 75.2 Å². The molecule has 0 heterocycles. The van der Waals surface area contributed by atoms with Gasteiger partial charge >= 0.3 is 6.18 Å². The summed E-state index contributed by atoms with van der Waals surface area (Å²) in [6.45, 7) is 13.1. The minimum absolute atomic E-state index is 0.0252. The van der Waals surface area contributed by atoms with Gasteiger partial charge < -0.3 is 0 Å². The van der Waals surface area contributed by atoms with Crippen LogP contribution in [0.3, 0.4) is 0 Å². The van der Waals surface area contributed by atoms with Gasteiger partial charge in [0.15, 0.2) is 0 Å². The maximum atomic E-state index is 15.1. The first-order valence-corrected chi connectivity index (χ1v) is 7.71. The van der Waals surface area contributed by atoms with Crippen LogP contribution >= 0.6 is 0 Å². The highest BCUT2D eigenvalue weighted by Crippen LogP contribution is 2.64. The van der Waals surface area contributed by atoms with Crippen LogP contribution in [-0.2, 0) is 0 Å². The van der Waals surface area contributed by atoms with Gasteiger partial charge in [0.1, 0.15) is 5.41 Å². The van der Waals surface area contributed by atoms with Crippen LogP contribution in [0.5, 0.6) is 0 Å². The fourth-order valence-electron chi connectivity index (χ4n) is 3.51. The maximum absolute atomic E-state index is 15.1. The van der Waals surface area contributed by atoms with Gasteiger partial charge in [0, 0.05) is 5.41 Å². The van der Waals surface area contributed by atoms with E-state index in [1.165, 1.54) is 6.92 Å². The van der Waals surface area contributed by atoms with Gasteiger partial charge in [-0.15, -0.1) is 0 Å². The summed E-state index contributed by atoms with van der Waals surface area (Å²) in [5, 5.41) is 0. The minimum atomic E-state index is -4.97. The zero-order valence-corrected chi connectivity index (χ0v) is 15.3. The van der Waals surface area contributed by atoms with E-state index < -0.39 is 28.3 Å². The van der Waals surface area contributed by atoms with Crippen LogP contribution in [0, 0.1) is 21.7 Å². The lowest BCUT2D eigenvalue weighted by atomic mass is 9.53. The van der Waals surface area contributed by atoms with Crippen LogP contribution in [-0.4, -0.2) is 12.1 Å². The number of rotatable bonds is 5. The third-order valence-electron chi connectivity index (χ3n) is 5.36. The summed E-state index contributed by atoms with van der Waals surface area (Å²) in [5.74, 6) is -3.89.